The Labute approximate surface area is 210 Å². The van der Waals surface area contributed by atoms with E-state index in [2.05, 4.69) is 25.4 Å². The third-order valence-electron chi connectivity index (χ3n) is 5.28. The third-order valence-corrected chi connectivity index (χ3v) is 5.28. The molecule has 1 aromatic rings. The molecule has 0 fully saturated rings. The molecule has 6 nitrogen and oxygen atoms in total. The number of aliphatic hydroxyl groups is 1. The highest BCUT2D eigenvalue weighted by molar-refractivity contribution is 5.83. The summed E-state index contributed by atoms with van der Waals surface area (Å²) in [6.45, 7) is 14.8. The van der Waals surface area contributed by atoms with Gasteiger partial charge in [0.15, 0.2) is 5.60 Å². The number of ether oxygens (including phenoxy) is 2. The molecule has 1 aromatic carbocycles. The zero-order valence-corrected chi connectivity index (χ0v) is 22.1. The fourth-order valence-electron chi connectivity index (χ4n) is 3.30. The molecule has 0 unspecified atom stereocenters. The number of hydrogen-bond acceptors (Lipinski definition) is 5. The van der Waals surface area contributed by atoms with Crippen molar-refractivity contribution in [1.29, 1.82) is 0 Å². The van der Waals surface area contributed by atoms with Gasteiger partial charge in [-0.15, -0.1) is 0 Å². The van der Waals surface area contributed by atoms with E-state index in [0.29, 0.717) is 30.2 Å². The average Bonchev–Trinajstić information content (AvgIpc) is 2.80. The molecular weight excluding hydrogens is 442 g/mol. The van der Waals surface area contributed by atoms with Crippen LogP contribution in [0, 0.1) is 0 Å². The van der Waals surface area contributed by atoms with Crippen LogP contribution >= 0.6 is 0 Å². The predicted octanol–water partition coefficient (Wildman–Crippen LogP) is 7.15. The lowest BCUT2D eigenvalue weighted by molar-refractivity contribution is -0.152. The van der Waals surface area contributed by atoms with Crippen LogP contribution in [0.15, 0.2) is 65.0 Å². The van der Waals surface area contributed by atoms with Crippen molar-refractivity contribution in [2.45, 2.75) is 79.2 Å². The Bertz CT molecular complexity index is 952. The molecule has 0 radical (unpaired) electrons. The standard InChI is InChI=1S/C29H41NO5/c1-8-12-15-22(11-4)20-30-26(21(5)31)16-17-34-25-18-23(13-9-2)27(24(19-25)14-10-3)35-29(6,7)28(32)33/h8,11-12,15,18-20,31H,1,9-10,13-14,16-17H2,2-7H3,(H,32,33)/b15-12-,22-11+,26-21-,30-20+. The van der Waals surface area contributed by atoms with Crippen molar-refractivity contribution in [2.75, 3.05) is 6.61 Å². The molecule has 0 aliphatic carbocycles. The Morgan fingerprint density at radius 1 is 1.14 bits per heavy atom. The first-order chi connectivity index (χ1) is 16.6. The fourth-order valence-corrected chi connectivity index (χ4v) is 3.30. The number of allylic oxidation sites excluding steroid dienone is 6. The summed E-state index contributed by atoms with van der Waals surface area (Å²) in [4.78, 5) is 16.1. The van der Waals surface area contributed by atoms with Crippen LogP contribution in [0.4, 0.5) is 0 Å². The van der Waals surface area contributed by atoms with Gasteiger partial charge in [0.25, 0.3) is 0 Å². The van der Waals surface area contributed by atoms with Crippen molar-refractivity contribution in [3.05, 3.63) is 71.2 Å². The van der Waals surface area contributed by atoms with Gasteiger partial charge in [-0.3, -0.25) is 4.99 Å². The number of carboxylic acids is 1. The average molecular weight is 484 g/mol. The predicted molar refractivity (Wildman–Crippen MR) is 144 cm³/mol. The van der Waals surface area contributed by atoms with E-state index < -0.39 is 11.6 Å². The first kappa shape index (κ1) is 29.8. The van der Waals surface area contributed by atoms with Crippen molar-refractivity contribution >= 4 is 12.2 Å². The lowest BCUT2D eigenvalue weighted by Gasteiger charge is -2.26. The molecule has 0 amide bonds. The normalized spacial score (nSPS) is 13.3. The Morgan fingerprint density at radius 2 is 1.74 bits per heavy atom. The van der Waals surface area contributed by atoms with Crippen LogP contribution in [0.5, 0.6) is 11.5 Å². The number of carboxylic acid groups (broad SMARTS) is 1. The van der Waals surface area contributed by atoms with Crippen LogP contribution in [0.1, 0.15) is 71.9 Å². The van der Waals surface area contributed by atoms with Crippen molar-refractivity contribution in [3.63, 3.8) is 0 Å². The quantitative estimate of drug-likeness (QED) is 0.157. The molecule has 0 heterocycles. The molecule has 0 spiro atoms. The second-order valence-corrected chi connectivity index (χ2v) is 8.76. The van der Waals surface area contributed by atoms with Crippen LogP contribution in [-0.2, 0) is 17.6 Å². The van der Waals surface area contributed by atoms with Crippen LogP contribution in [0.25, 0.3) is 0 Å². The van der Waals surface area contributed by atoms with E-state index >= 15 is 0 Å². The number of hydrogen-bond donors (Lipinski definition) is 2. The minimum Gasteiger partial charge on any atom is -0.511 e. The van der Waals surface area contributed by atoms with Gasteiger partial charge in [-0.2, -0.15) is 0 Å². The van der Waals surface area contributed by atoms with Gasteiger partial charge in [0.1, 0.15) is 17.3 Å². The van der Waals surface area contributed by atoms with Gasteiger partial charge in [0, 0.05) is 12.6 Å². The molecule has 0 aliphatic rings. The Morgan fingerprint density at radius 3 is 2.20 bits per heavy atom. The van der Waals surface area contributed by atoms with E-state index in [9.17, 15) is 15.0 Å². The van der Waals surface area contributed by atoms with Gasteiger partial charge in [-0.1, -0.05) is 57.6 Å². The molecule has 6 heteroatoms. The third kappa shape index (κ3) is 9.85. The smallest absolute Gasteiger partial charge is 0.347 e. The molecule has 2 N–H and O–H groups in total. The minimum absolute atomic E-state index is 0.144. The summed E-state index contributed by atoms with van der Waals surface area (Å²) in [5, 5.41) is 19.6. The molecule has 0 saturated heterocycles. The second kappa shape index (κ2) is 14.9. The summed E-state index contributed by atoms with van der Waals surface area (Å²) >= 11 is 0. The fraction of sp³-hybridized carbons (Fsp3) is 0.448. The number of carbonyl (C=O) groups is 1. The first-order valence-corrected chi connectivity index (χ1v) is 12.2. The number of rotatable bonds is 15. The van der Waals surface area contributed by atoms with E-state index in [-0.39, 0.29) is 5.76 Å². The summed E-state index contributed by atoms with van der Waals surface area (Å²) in [6, 6.07) is 3.85. The highest BCUT2D eigenvalue weighted by Crippen LogP contribution is 2.34. The summed E-state index contributed by atoms with van der Waals surface area (Å²) in [6.07, 6.45) is 12.7. The van der Waals surface area contributed by atoms with E-state index in [1.165, 1.54) is 0 Å². The van der Waals surface area contributed by atoms with Crippen molar-refractivity contribution in [3.8, 4) is 11.5 Å². The summed E-state index contributed by atoms with van der Waals surface area (Å²) in [7, 11) is 0. The first-order valence-electron chi connectivity index (χ1n) is 12.2. The monoisotopic (exact) mass is 483 g/mol. The van der Waals surface area contributed by atoms with E-state index in [1.54, 1.807) is 33.1 Å². The Balaban J connectivity index is 3.13. The van der Waals surface area contributed by atoms with Crippen LogP contribution < -0.4 is 9.47 Å². The molecule has 35 heavy (non-hydrogen) atoms. The lowest BCUT2D eigenvalue weighted by Crippen LogP contribution is -2.38. The second-order valence-electron chi connectivity index (χ2n) is 8.76. The van der Waals surface area contributed by atoms with Gasteiger partial charge in [-0.25, -0.2) is 4.79 Å². The minimum atomic E-state index is -1.34. The zero-order chi connectivity index (χ0) is 26.4. The Hall–Kier alpha value is -3.28. The number of benzene rings is 1. The highest BCUT2D eigenvalue weighted by Gasteiger charge is 2.31. The van der Waals surface area contributed by atoms with Crippen molar-refractivity contribution in [1.82, 2.24) is 0 Å². The molecule has 192 valence electrons. The van der Waals surface area contributed by atoms with E-state index in [0.717, 1.165) is 42.4 Å². The van der Waals surface area contributed by atoms with Crippen LogP contribution in [0.3, 0.4) is 0 Å². The maximum Gasteiger partial charge on any atom is 0.347 e. The summed E-state index contributed by atoms with van der Waals surface area (Å²) in [5.41, 5.74) is 1.97. The molecule has 0 saturated carbocycles. The van der Waals surface area contributed by atoms with Crippen molar-refractivity contribution < 1.29 is 24.5 Å². The molecule has 0 atom stereocenters. The van der Waals surface area contributed by atoms with Gasteiger partial charge < -0.3 is 19.7 Å². The maximum absolute atomic E-state index is 11.7. The van der Waals surface area contributed by atoms with Gasteiger partial charge >= 0.3 is 5.97 Å². The SMILES string of the molecule is C=C\C=C/C(/C=N/C(CCOc1cc(CCC)c(OC(C)(C)C(=O)O)c(CCC)c1)=C(/C)O)=C\C. The van der Waals surface area contributed by atoms with Crippen LogP contribution in [-0.4, -0.2) is 34.6 Å². The molecule has 1 rings (SSSR count). The topological polar surface area (TPSA) is 88.4 Å². The van der Waals surface area contributed by atoms with Crippen molar-refractivity contribution in [2.24, 2.45) is 4.99 Å². The largest absolute Gasteiger partial charge is 0.511 e. The lowest BCUT2D eigenvalue weighted by atomic mass is 10.00. The summed E-state index contributed by atoms with van der Waals surface area (Å²) in [5.74, 6) is 0.463. The highest BCUT2D eigenvalue weighted by atomic mass is 16.5. The molecule has 0 aliphatic heterocycles. The Kier molecular flexibility index (Phi) is 12.6. The molecular formula is C29H41NO5. The number of aliphatic hydroxyl groups excluding tert-OH is 1. The van der Waals surface area contributed by atoms with Gasteiger partial charge in [0.05, 0.1) is 12.3 Å². The number of nitrogens with zero attached hydrogens (tertiary/aromatic N) is 1. The molecule has 0 bridgehead atoms. The number of aliphatic imine (C=N–C) groups is 1. The molecule has 0 aromatic heterocycles. The van der Waals surface area contributed by atoms with E-state index in [1.807, 2.05) is 37.3 Å². The van der Waals surface area contributed by atoms with Crippen LogP contribution in [0.2, 0.25) is 0 Å². The van der Waals surface area contributed by atoms with Gasteiger partial charge in [0.2, 0.25) is 0 Å². The number of aryl methyl sites for hydroxylation is 2. The maximum atomic E-state index is 11.7. The number of aliphatic carboxylic acids is 1. The van der Waals surface area contributed by atoms with E-state index in [4.69, 9.17) is 9.47 Å². The zero-order valence-electron chi connectivity index (χ0n) is 22.1. The van der Waals surface area contributed by atoms with Gasteiger partial charge in [-0.05, 0) is 69.4 Å². The summed E-state index contributed by atoms with van der Waals surface area (Å²) < 4.78 is 12.1.